The van der Waals surface area contributed by atoms with Crippen molar-refractivity contribution in [1.29, 1.82) is 0 Å². The summed E-state index contributed by atoms with van der Waals surface area (Å²) in [6, 6.07) is 5.33. The third-order valence-corrected chi connectivity index (χ3v) is 4.74. The molecule has 0 amide bonds. The molecule has 8 heteroatoms. The molecule has 0 bridgehead atoms. The predicted molar refractivity (Wildman–Crippen MR) is 95.0 cm³/mol. The monoisotopic (exact) mass is 416 g/mol. The summed E-state index contributed by atoms with van der Waals surface area (Å²) in [7, 11) is 0. The van der Waals surface area contributed by atoms with Gasteiger partial charge in [0.2, 0.25) is 5.95 Å². The first-order valence-corrected chi connectivity index (χ1v) is 8.65. The fraction of sp³-hybridized carbons (Fsp3) is 0.333. The van der Waals surface area contributed by atoms with Gasteiger partial charge in [-0.15, -0.1) is 0 Å². The Hall–Kier alpha value is -0.920. The maximum absolute atomic E-state index is 10.2. The van der Waals surface area contributed by atoms with Crippen molar-refractivity contribution in [2.45, 2.75) is 18.7 Å². The number of nitrogens with one attached hydrogen (secondary N) is 1. The van der Waals surface area contributed by atoms with E-state index < -0.39 is 6.10 Å². The number of benzene rings is 1. The van der Waals surface area contributed by atoms with Crippen molar-refractivity contribution in [3.05, 3.63) is 50.7 Å². The molecule has 2 atom stereocenters. The van der Waals surface area contributed by atoms with Gasteiger partial charge in [0.1, 0.15) is 0 Å². The molecule has 122 valence electrons. The summed E-state index contributed by atoms with van der Waals surface area (Å²) in [4.78, 5) is 10.5. The number of aliphatic hydroxyl groups is 1. The van der Waals surface area contributed by atoms with Gasteiger partial charge in [-0.1, -0.05) is 29.3 Å². The number of hydrogen-bond acceptors (Lipinski definition) is 5. The third kappa shape index (κ3) is 4.14. The van der Waals surface area contributed by atoms with Gasteiger partial charge in [-0.3, -0.25) is 0 Å². The minimum atomic E-state index is -0.492. The Morgan fingerprint density at radius 1 is 1.26 bits per heavy atom. The molecule has 1 saturated heterocycles. The Bertz CT molecular complexity index is 686. The van der Waals surface area contributed by atoms with Crippen LogP contribution in [0, 0.1) is 0 Å². The molecule has 3 rings (SSSR count). The molecular weight excluding hydrogens is 403 g/mol. The lowest BCUT2D eigenvalue weighted by Crippen LogP contribution is -2.38. The number of β-amino-alcohol motifs (C(OH)–C–C–N with tert-alkyl or cyclic N) is 1. The molecule has 2 N–H and O–H groups in total. The van der Waals surface area contributed by atoms with Crippen LogP contribution in [0.5, 0.6) is 0 Å². The molecule has 1 aromatic carbocycles. The minimum Gasteiger partial charge on any atom is -0.390 e. The van der Waals surface area contributed by atoms with E-state index >= 15 is 0 Å². The average molecular weight is 418 g/mol. The number of halogens is 3. The van der Waals surface area contributed by atoms with Gasteiger partial charge in [0.05, 0.1) is 16.6 Å². The molecule has 2 unspecified atom stereocenters. The molecule has 0 aliphatic carbocycles. The van der Waals surface area contributed by atoms with Crippen LogP contribution in [0.15, 0.2) is 35.1 Å². The van der Waals surface area contributed by atoms with E-state index in [1.165, 1.54) is 0 Å². The van der Waals surface area contributed by atoms with Crippen molar-refractivity contribution in [3.8, 4) is 0 Å². The summed E-state index contributed by atoms with van der Waals surface area (Å²) >= 11 is 15.4. The number of anilines is 1. The summed E-state index contributed by atoms with van der Waals surface area (Å²) in [5.41, 5.74) is 0.946. The largest absolute Gasteiger partial charge is 0.390 e. The van der Waals surface area contributed by atoms with Crippen LogP contribution in [-0.4, -0.2) is 40.3 Å². The fourth-order valence-electron chi connectivity index (χ4n) is 2.53. The average Bonchev–Trinajstić information content (AvgIpc) is 2.88. The van der Waals surface area contributed by atoms with Crippen molar-refractivity contribution >= 4 is 45.1 Å². The van der Waals surface area contributed by atoms with Crippen LogP contribution in [0.4, 0.5) is 5.95 Å². The van der Waals surface area contributed by atoms with Crippen LogP contribution in [0.3, 0.4) is 0 Å². The highest BCUT2D eigenvalue weighted by Crippen LogP contribution is 2.22. The standard InChI is InChI=1S/C15H15BrCl2N4O/c16-10-5-20-15(21-6-10)22-7-13(14(23)8-22)19-4-9-1-2-11(17)3-12(9)18/h1-3,5-6,13-14,19,23H,4,7-8H2. The number of aliphatic hydroxyl groups excluding tert-OH is 1. The molecular formula is C15H15BrCl2N4O. The van der Waals surface area contributed by atoms with Gasteiger partial charge < -0.3 is 15.3 Å². The Morgan fingerprint density at radius 2 is 2.00 bits per heavy atom. The zero-order valence-corrected chi connectivity index (χ0v) is 15.2. The van der Waals surface area contributed by atoms with E-state index in [0.717, 1.165) is 10.0 Å². The first-order valence-electron chi connectivity index (χ1n) is 7.11. The lowest BCUT2D eigenvalue weighted by atomic mass is 10.2. The lowest BCUT2D eigenvalue weighted by Gasteiger charge is -2.17. The highest BCUT2D eigenvalue weighted by Gasteiger charge is 2.32. The van der Waals surface area contributed by atoms with E-state index in [1.807, 2.05) is 11.0 Å². The molecule has 0 radical (unpaired) electrons. The first kappa shape index (κ1) is 16.9. The predicted octanol–water partition coefficient (Wildman–Crippen LogP) is 2.89. The number of hydrogen-bond donors (Lipinski definition) is 2. The smallest absolute Gasteiger partial charge is 0.225 e. The second kappa shape index (κ2) is 7.32. The van der Waals surface area contributed by atoms with Crippen molar-refractivity contribution in [2.24, 2.45) is 0 Å². The SMILES string of the molecule is OC1CN(c2ncc(Br)cn2)CC1NCc1ccc(Cl)cc1Cl. The van der Waals surface area contributed by atoms with E-state index in [-0.39, 0.29) is 6.04 Å². The summed E-state index contributed by atoms with van der Waals surface area (Å²) in [6.07, 6.45) is 2.90. The molecule has 2 heterocycles. The fourth-order valence-corrected chi connectivity index (χ4v) is 3.21. The molecule has 1 aliphatic heterocycles. The number of aromatic nitrogens is 2. The van der Waals surface area contributed by atoms with Gasteiger partial charge in [-0.05, 0) is 33.6 Å². The van der Waals surface area contributed by atoms with Crippen molar-refractivity contribution in [3.63, 3.8) is 0 Å². The lowest BCUT2D eigenvalue weighted by molar-refractivity contribution is 0.163. The van der Waals surface area contributed by atoms with Gasteiger partial charge in [0.15, 0.2) is 0 Å². The minimum absolute atomic E-state index is 0.0750. The van der Waals surface area contributed by atoms with Gasteiger partial charge >= 0.3 is 0 Å². The van der Waals surface area contributed by atoms with Crippen LogP contribution < -0.4 is 10.2 Å². The van der Waals surface area contributed by atoms with Crippen LogP contribution in [0.2, 0.25) is 10.0 Å². The van der Waals surface area contributed by atoms with E-state index in [0.29, 0.717) is 35.6 Å². The molecule has 5 nitrogen and oxygen atoms in total. The summed E-state index contributed by atoms with van der Waals surface area (Å²) in [6.45, 7) is 1.69. The summed E-state index contributed by atoms with van der Waals surface area (Å²) in [5.74, 6) is 0.612. The van der Waals surface area contributed by atoms with Crippen LogP contribution >= 0.6 is 39.1 Å². The van der Waals surface area contributed by atoms with Crippen molar-refractivity contribution in [2.75, 3.05) is 18.0 Å². The quantitative estimate of drug-likeness (QED) is 0.800. The Morgan fingerprint density at radius 3 is 2.70 bits per heavy atom. The third-order valence-electron chi connectivity index (χ3n) is 3.75. The topological polar surface area (TPSA) is 61.3 Å². The molecule has 0 saturated carbocycles. The molecule has 0 spiro atoms. The van der Waals surface area contributed by atoms with E-state index in [1.54, 1.807) is 24.5 Å². The van der Waals surface area contributed by atoms with Crippen LogP contribution in [0.1, 0.15) is 5.56 Å². The van der Waals surface area contributed by atoms with Crippen molar-refractivity contribution in [1.82, 2.24) is 15.3 Å². The van der Waals surface area contributed by atoms with Crippen molar-refractivity contribution < 1.29 is 5.11 Å². The highest BCUT2D eigenvalue weighted by atomic mass is 79.9. The molecule has 1 aromatic heterocycles. The van der Waals surface area contributed by atoms with Gasteiger partial charge in [-0.2, -0.15) is 0 Å². The Balaban J connectivity index is 1.61. The molecule has 1 fully saturated rings. The maximum atomic E-state index is 10.2. The van der Waals surface area contributed by atoms with E-state index in [9.17, 15) is 5.11 Å². The zero-order chi connectivity index (χ0) is 16.4. The molecule has 1 aliphatic rings. The van der Waals surface area contributed by atoms with E-state index in [2.05, 4.69) is 31.2 Å². The summed E-state index contributed by atoms with van der Waals surface area (Å²) in [5, 5.41) is 14.8. The van der Waals surface area contributed by atoms with Crippen LogP contribution in [0.25, 0.3) is 0 Å². The Labute approximate surface area is 152 Å². The summed E-state index contributed by atoms with van der Waals surface area (Å²) < 4.78 is 0.827. The molecule has 23 heavy (non-hydrogen) atoms. The second-order valence-electron chi connectivity index (χ2n) is 5.40. The zero-order valence-electron chi connectivity index (χ0n) is 12.1. The number of rotatable bonds is 4. The second-order valence-corrected chi connectivity index (χ2v) is 7.16. The number of nitrogens with zero attached hydrogens (tertiary/aromatic N) is 3. The normalized spacial score (nSPS) is 21.0. The van der Waals surface area contributed by atoms with Crippen LogP contribution in [-0.2, 0) is 6.54 Å². The van der Waals surface area contributed by atoms with Gasteiger partial charge in [0.25, 0.3) is 0 Å². The highest BCUT2D eigenvalue weighted by molar-refractivity contribution is 9.10. The maximum Gasteiger partial charge on any atom is 0.225 e. The Kier molecular flexibility index (Phi) is 5.38. The first-order chi connectivity index (χ1) is 11.0. The van der Waals surface area contributed by atoms with Gasteiger partial charge in [0, 0.05) is 42.1 Å². The molecule has 2 aromatic rings. The van der Waals surface area contributed by atoms with Gasteiger partial charge in [-0.25, -0.2) is 9.97 Å². The van der Waals surface area contributed by atoms with E-state index in [4.69, 9.17) is 23.2 Å².